The Morgan fingerprint density at radius 2 is 2.06 bits per heavy atom. The summed E-state index contributed by atoms with van der Waals surface area (Å²) in [5, 5.41) is 6.25. The van der Waals surface area contributed by atoms with Crippen LogP contribution in [-0.4, -0.2) is 12.5 Å². The van der Waals surface area contributed by atoms with Gasteiger partial charge in [-0.25, -0.2) is 0 Å². The van der Waals surface area contributed by atoms with Crippen molar-refractivity contribution in [3.63, 3.8) is 0 Å². The molecule has 1 amide bonds. The molecule has 0 saturated heterocycles. The fourth-order valence-corrected chi connectivity index (χ4v) is 1.79. The summed E-state index contributed by atoms with van der Waals surface area (Å²) in [6, 6.07) is 6.17. The molecule has 1 aromatic rings. The van der Waals surface area contributed by atoms with Crippen molar-refractivity contribution in [3.8, 4) is 0 Å². The Hall–Kier alpha value is -1.51. The first kappa shape index (κ1) is 11.0. The van der Waals surface area contributed by atoms with E-state index in [1.807, 2.05) is 13.0 Å². The number of fused-ring (bicyclic) bond motifs is 1. The van der Waals surface area contributed by atoms with Gasteiger partial charge in [-0.3, -0.25) is 4.79 Å². The van der Waals surface area contributed by atoms with Gasteiger partial charge in [0.1, 0.15) is 0 Å². The molecule has 0 aromatic heterocycles. The molecule has 1 atom stereocenters. The summed E-state index contributed by atoms with van der Waals surface area (Å²) in [5.74, 6) is 0.599. The molecule has 0 aliphatic carbocycles. The molecule has 86 valence electrons. The maximum Gasteiger partial charge on any atom is 0.229 e. The SMILES string of the molecule is CC1CNc2cc(C(C)C)ccc2NC1=O. The highest BCUT2D eigenvalue weighted by molar-refractivity contribution is 5.97. The van der Waals surface area contributed by atoms with Gasteiger partial charge >= 0.3 is 0 Å². The summed E-state index contributed by atoms with van der Waals surface area (Å²) in [6.07, 6.45) is 0. The van der Waals surface area contributed by atoms with Gasteiger partial charge in [0.2, 0.25) is 5.91 Å². The van der Waals surface area contributed by atoms with Crippen molar-refractivity contribution in [1.82, 2.24) is 0 Å². The lowest BCUT2D eigenvalue weighted by molar-refractivity contribution is -0.118. The summed E-state index contributed by atoms with van der Waals surface area (Å²) in [5.41, 5.74) is 3.21. The van der Waals surface area contributed by atoms with Crippen molar-refractivity contribution in [2.24, 2.45) is 5.92 Å². The van der Waals surface area contributed by atoms with Gasteiger partial charge in [0.15, 0.2) is 0 Å². The maximum absolute atomic E-state index is 11.6. The molecule has 0 bridgehead atoms. The molecular formula is C13H18N2O. The molecule has 1 aromatic carbocycles. The van der Waals surface area contributed by atoms with E-state index in [0.29, 0.717) is 12.5 Å². The van der Waals surface area contributed by atoms with Gasteiger partial charge in [0, 0.05) is 6.54 Å². The molecular weight excluding hydrogens is 200 g/mol. The number of amides is 1. The Balaban J connectivity index is 2.35. The van der Waals surface area contributed by atoms with Gasteiger partial charge in [-0.2, -0.15) is 0 Å². The van der Waals surface area contributed by atoms with E-state index in [1.54, 1.807) is 0 Å². The molecule has 0 spiro atoms. The first-order chi connectivity index (χ1) is 7.58. The summed E-state index contributed by atoms with van der Waals surface area (Å²) in [6.45, 7) is 6.96. The summed E-state index contributed by atoms with van der Waals surface area (Å²) in [7, 11) is 0. The van der Waals surface area contributed by atoms with Gasteiger partial charge in [0.05, 0.1) is 17.3 Å². The van der Waals surface area contributed by atoms with Crippen LogP contribution in [0.3, 0.4) is 0 Å². The number of hydrogen-bond donors (Lipinski definition) is 2. The molecule has 1 aliphatic rings. The minimum absolute atomic E-state index is 0.00917. The molecule has 3 nitrogen and oxygen atoms in total. The van der Waals surface area contributed by atoms with Crippen LogP contribution in [0.25, 0.3) is 0 Å². The number of benzene rings is 1. The second kappa shape index (κ2) is 4.16. The summed E-state index contributed by atoms with van der Waals surface area (Å²) < 4.78 is 0. The quantitative estimate of drug-likeness (QED) is 0.761. The molecule has 2 N–H and O–H groups in total. The normalized spacial score (nSPS) is 19.8. The Kier molecular flexibility index (Phi) is 2.86. The average Bonchev–Trinajstić information content (AvgIpc) is 2.39. The van der Waals surface area contributed by atoms with Crippen molar-refractivity contribution in [3.05, 3.63) is 23.8 Å². The third-order valence-electron chi connectivity index (χ3n) is 3.01. The van der Waals surface area contributed by atoms with Crippen LogP contribution in [0.4, 0.5) is 11.4 Å². The second-order valence-electron chi connectivity index (χ2n) is 4.73. The molecule has 1 aliphatic heterocycles. The Bertz CT molecular complexity index is 412. The van der Waals surface area contributed by atoms with Crippen molar-refractivity contribution in [2.45, 2.75) is 26.7 Å². The zero-order valence-electron chi connectivity index (χ0n) is 10.0. The van der Waals surface area contributed by atoms with Gasteiger partial charge in [-0.05, 0) is 23.6 Å². The van der Waals surface area contributed by atoms with Crippen LogP contribution < -0.4 is 10.6 Å². The zero-order chi connectivity index (χ0) is 11.7. The third kappa shape index (κ3) is 2.03. The minimum atomic E-state index is 0.00917. The molecule has 16 heavy (non-hydrogen) atoms. The fraction of sp³-hybridized carbons (Fsp3) is 0.462. The van der Waals surface area contributed by atoms with Crippen LogP contribution in [0.5, 0.6) is 0 Å². The van der Waals surface area contributed by atoms with Gasteiger partial charge in [-0.15, -0.1) is 0 Å². The Morgan fingerprint density at radius 3 is 2.75 bits per heavy atom. The zero-order valence-corrected chi connectivity index (χ0v) is 10.0. The predicted molar refractivity (Wildman–Crippen MR) is 66.8 cm³/mol. The van der Waals surface area contributed by atoms with Crippen molar-refractivity contribution in [2.75, 3.05) is 17.2 Å². The van der Waals surface area contributed by atoms with Crippen molar-refractivity contribution in [1.29, 1.82) is 0 Å². The van der Waals surface area contributed by atoms with E-state index < -0.39 is 0 Å². The maximum atomic E-state index is 11.6. The monoisotopic (exact) mass is 218 g/mol. The standard InChI is InChI=1S/C13H18N2O/c1-8(2)10-4-5-11-12(6-10)14-7-9(3)13(16)15-11/h4-6,8-9,14H,7H2,1-3H3,(H,15,16). The van der Waals surface area contributed by atoms with Crippen LogP contribution in [-0.2, 0) is 4.79 Å². The summed E-state index contributed by atoms with van der Waals surface area (Å²) in [4.78, 5) is 11.6. The van der Waals surface area contributed by atoms with Gasteiger partial charge < -0.3 is 10.6 Å². The first-order valence-corrected chi connectivity index (χ1v) is 5.76. The largest absolute Gasteiger partial charge is 0.383 e. The topological polar surface area (TPSA) is 41.1 Å². The van der Waals surface area contributed by atoms with Crippen molar-refractivity contribution >= 4 is 17.3 Å². The summed E-state index contributed by atoms with van der Waals surface area (Å²) >= 11 is 0. The average molecular weight is 218 g/mol. The lowest BCUT2D eigenvalue weighted by atomic mass is 10.0. The second-order valence-corrected chi connectivity index (χ2v) is 4.73. The minimum Gasteiger partial charge on any atom is -0.383 e. The number of carbonyl (C=O) groups excluding carboxylic acids is 1. The first-order valence-electron chi connectivity index (χ1n) is 5.76. The van der Waals surface area contributed by atoms with E-state index in [4.69, 9.17) is 0 Å². The van der Waals surface area contributed by atoms with Crippen LogP contribution >= 0.6 is 0 Å². The molecule has 0 fully saturated rings. The molecule has 2 rings (SSSR count). The molecule has 0 radical (unpaired) electrons. The highest BCUT2D eigenvalue weighted by atomic mass is 16.1. The number of carbonyl (C=O) groups is 1. The number of rotatable bonds is 1. The highest BCUT2D eigenvalue weighted by Crippen LogP contribution is 2.29. The van der Waals surface area contributed by atoms with Crippen LogP contribution in [0.1, 0.15) is 32.3 Å². The molecule has 0 saturated carbocycles. The van der Waals surface area contributed by atoms with Crippen molar-refractivity contribution < 1.29 is 4.79 Å². The van der Waals surface area contributed by atoms with E-state index in [9.17, 15) is 4.79 Å². The smallest absolute Gasteiger partial charge is 0.229 e. The van der Waals surface area contributed by atoms with Gasteiger partial charge in [-0.1, -0.05) is 26.8 Å². The number of nitrogens with one attached hydrogen (secondary N) is 2. The lowest BCUT2D eigenvalue weighted by Crippen LogP contribution is -2.22. The van der Waals surface area contributed by atoms with Crippen LogP contribution in [0, 0.1) is 5.92 Å². The Morgan fingerprint density at radius 1 is 1.31 bits per heavy atom. The molecule has 3 heteroatoms. The number of anilines is 2. The van der Waals surface area contributed by atoms with Crippen LogP contribution in [0.2, 0.25) is 0 Å². The van der Waals surface area contributed by atoms with E-state index in [-0.39, 0.29) is 11.8 Å². The van der Waals surface area contributed by atoms with E-state index >= 15 is 0 Å². The van der Waals surface area contributed by atoms with E-state index in [0.717, 1.165) is 11.4 Å². The number of hydrogen-bond acceptors (Lipinski definition) is 2. The molecule has 1 heterocycles. The highest BCUT2D eigenvalue weighted by Gasteiger charge is 2.19. The van der Waals surface area contributed by atoms with Gasteiger partial charge in [0.25, 0.3) is 0 Å². The van der Waals surface area contributed by atoms with Crippen LogP contribution in [0.15, 0.2) is 18.2 Å². The third-order valence-corrected chi connectivity index (χ3v) is 3.01. The fourth-order valence-electron chi connectivity index (χ4n) is 1.79. The molecule has 1 unspecified atom stereocenters. The van der Waals surface area contributed by atoms with E-state index in [2.05, 4.69) is 36.6 Å². The lowest BCUT2D eigenvalue weighted by Gasteiger charge is -2.12. The van der Waals surface area contributed by atoms with E-state index in [1.165, 1.54) is 5.56 Å². The Labute approximate surface area is 96.2 Å². The predicted octanol–water partition coefficient (Wildman–Crippen LogP) is 2.81.